The fourth-order valence-corrected chi connectivity index (χ4v) is 0.752. The van der Waals surface area contributed by atoms with E-state index in [9.17, 15) is 20.1 Å². The van der Waals surface area contributed by atoms with E-state index < -0.39 is 18.3 Å². The molecule has 0 aliphatic rings. The second-order valence-corrected chi connectivity index (χ2v) is 5.41. The van der Waals surface area contributed by atoms with Crippen LogP contribution >= 0.6 is 0 Å². The van der Waals surface area contributed by atoms with Crippen molar-refractivity contribution in [3.05, 3.63) is 0 Å². The summed E-state index contributed by atoms with van der Waals surface area (Å²) in [5.41, 5.74) is 0. The minimum absolute atomic E-state index is 0. The van der Waals surface area contributed by atoms with E-state index >= 15 is 0 Å². The second-order valence-electron chi connectivity index (χ2n) is 5.41. The summed E-state index contributed by atoms with van der Waals surface area (Å²) in [5.74, 6) is -0.0593. The van der Waals surface area contributed by atoms with E-state index in [1.165, 1.54) is 0 Å². The number of unbranched alkanes of at least 4 members (excludes halogenated alkanes) is 2. The van der Waals surface area contributed by atoms with Gasteiger partial charge in [0, 0.05) is 6.42 Å². The first-order valence-electron chi connectivity index (χ1n) is 8.14. The van der Waals surface area contributed by atoms with Gasteiger partial charge in [0.15, 0.2) is 0 Å². The summed E-state index contributed by atoms with van der Waals surface area (Å²) >= 11 is 0. The zero-order valence-electron chi connectivity index (χ0n) is 16.4. The summed E-state index contributed by atoms with van der Waals surface area (Å²) in [7, 11) is 0. The van der Waals surface area contributed by atoms with Crippen LogP contribution in [0, 0.1) is 0 Å². The predicted molar refractivity (Wildman–Crippen MR) is 91.9 cm³/mol. The largest absolute Gasteiger partial charge is 3.00 e. The molecule has 0 saturated heterocycles. The topological polar surface area (TPSA) is 95.5 Å². The van der Waals surface area contributed by atoms with Gasteiger partial charge in [-0.2, -0.15) is 0 Å². The Labute approximate surface area is 162 Å². The number of carbonyl (C=O) groups excluding carboxylic acids is 1. The zero-order valence-corrected chi connectivity index (χ0v) is 19.7. The van der Waals surface area contributed by atoms with Crippen LogP contribution in [0.25, 0.3) is 0 Å². The molecule has 23 heavy (non-hydrogen) atoms. The van der Waals surface area contributed by atoms with Crippen molar-refractivity contribution in [2.24, 2.45) is 0 Å². The summed E-state index contributed by atoms with van der Waals surface area (Å²) in [4.78, 5) is 10.7. The molecule has 6 heteroatoms. The molecule has 0 unspecified atom stereocenters. The van der Waals surface area contributed by atoms with Gasteiger partial charge in [-0.3, -0.25) is 4.79 Å². The Hall–Kier alpha value is 0.220. The van der Waals surface area contributed by atoms with E-state index in [2.05, 4.69) is 6.92 Å². The first-order chi connectivity index (χ1) is 10.0. The molecular formula is C17H37InO5. The fraction of sp³-hybridized carbons (Fsp3) is 0.941. The van der Waals surface area contributed by atoms with Crippen LogP contribution in [0.3, 0.4) is 0 Å². The quantitative estimate of drug-likeness (QED) is 0.474. The van der Waals surface area contributed by atoms with Crippen LogP contribution in [0.15, 0.2) is 0 Å². The third-order valence-electron chi connectivity index (χ3n) is 1.29. The first-order valence-corrected chi connectivity index (χ1v) is 8.14. The normalized spacial score (nSPS) is 8.78. The summed E-state index contributed by atoms with van der Waals surface area (Å²) in [6.07, 6.45) is 2.58. The molecule has 0 atom stereocenters. The van der Waals surface area contributed by atoms with Crippen molar-refractivity contribution in [1.82, 2.24) is 0 Å². The smallest absolute Gasteiger partial charge is 0.852 e. The minimum Gasteiger partial charge on any atom is -0.852 e. The van der Waals surface area contributed by atoms with Crippen molar-refractivity contribution < 1.29 is 24.9 Å². The molecule has 0 aliphatic heterocycles. The third-order valence-corrected chi connectivity index (χ3v) is 1.29. The van der Waals surface area contributed by atoms with Gasteiger partial charge >= 0.3 is 31.8 Å². The van der Waals surface area contributed by atoms with E-state index in [-0.39, 0.29) is 31.8 Å². The van der Waals surface area contributed by atoms with E-state index in [1.54, 1.807) is 41.5 Å². The molecule has 0 rings (SSSR count). The second kappa shape index (κ2) is 30.1. The molecule has 0 bridgehead atoms. The molecule has 0 aromatic rings. The molecular weight excluding hydrogens is 399 g/mol. The summed E-state index contributed by atoms with van der Waals surface area (Å²) < 4.78 is 4.75. The van der Waals surface area contributed by atoms with Gasteiger partial charge in [0.05, 0.1) is 6.61 Å². The Kier molecular flexibility index (Phi) is 45.3. The molecule has 0 aromatic carbocycles. The molecule has 0 spiro atoms. The molecule has 0 saturated carbocycles. The SMILES string of the molecule is CC(C)[O-].CC(C)[O-].CC(C)[O-].CCCCCC(=O)OCC.[In+3]. The van der Waals surface area contributed by atoms with Crippen LogP contribution in [0.2, 0.25) is 0 Å². The maximum atomic E-state index is 10.7. The monoisotopic (exact) mass is 436 g/mol. The van der Waals surface area contributed by atoms with Crippen LogP contribution in [-0.2, 0) is 9.53 Å². The Balaban J connectivity index is -0.0000000700. The van der Waals surface area contributed by atoms with Crippen molar-refractivity contribution in [2.45, 2.75) is 99.4 Å². The molecule has 5 nitrogen and oxygen atoms in total. The Morgan fingerprint density at radius 1 is 0.826 bits per heavy atom. The van der Waals surface area contributed by atoms with Gasteiger partial charge in [0.2, 0.25) is 0 Å². The summed E-state index contributed by atoms with van der Waals surface area (Å²) in [6, 6.07) is 0. The van der Waals surface area contributed by atoms with Gasteiger partial charge in [0.25, 0.3) is 0 Å². The first kappa shape index (κ1) is 34.5. The van der Waals surface area contributed by atoms with Crippen molar-refractivity contribution in [3.63, 3.8) is 0 Å². The van der Waals surface area contributed by atoms with E-state index in [4.69, 9.17) is 4.74 Å². The Morgan fingerprint density at radius 2 is 1.13 bits per heavy atom. The molecule has 0 heterocycles. The van der Waals surface area contributed by atoms with Crippen LogP contribution in [0.5, 0.6) is 0 Å². The average Bonchev–Trinajstić information content (AvgIpc) is 2.27. The van der Waals surface area contributed by atoms with Crippen LogP contribution in [0.4, 0.5) is 0 Å². The molecule has 0 fully saturated rings. The van der Waals surface area contributed by atoms with Crippen molar-refractivity contribution in [3.8, 4) is 0 Å². The standard InChI is InChI=1S/C8H16O2.3C3H7O.In/c1-3-5-6-7-8(9)10-4-2;3*1-3(2)4;/h3-7H2,1-2H3;3*3H,1-2H3;/q;3*-1;+3. The number of ether oxygens (including phenoxy) is 1. The van der Waals surface area contributed by atoms with Gasteiger partial charge < -0.3 is 20.1 Å². The van der Waals surface area contributed by atoms with Gasteiger partial charge in [-0.25, -0.2) is 0 Å². The van der Waals surface area contributed by atoms with Gasteiger partial charge in [0.1, 0.15) is 0 Å². The molecule has 0 N–H and O–H groups in total. The van der Waals surface area contributed by atoms with Gasteiger partial charge in [-0.1, -0.05) is 61.3 Å². The number of hydrogen-bond donors (Lipinski definition) is 0. The molecule has 138 valence electrons. The molecule has 0 radical (unpaired) electrons. The third kappa shape index (κ3) is 134. The van der Waals surface area contributed by atoms with Crippen LogP contribution in [-0.4, -0.2) is 56.7 Å². The molecule has 0 aliphatic carbocycles. The van der Waals surface area contributed by atoms with E-state index in [1.807, 2.05) is 6.92 Å². The van der Waals surface area contributed by atoms with Gasteiger partial charge in [-0.15, -0.1) is 18.3 Å². The van der Waals surface area contributed by atoms with E-state index in [0.29, 0.717) is 13.0 Å². The number of rotatable bonds is 5. The van der Waals surface area contributed by atoms with Crippen molar-refractivity contribution >= 4 is 31.8 Å². The van der Waals surface area contributed by atoms with Crippen molar-refractivity contribution in [2.75, 3.05) is 6.61 Å². The number of carbonyl (C=O) groups is 1. The maximum Gasteiger partial charge on any atom is 3.00 e. The predicted octanol–water partition coefficient (Wildman–Crippen LogP) is 1.01. The maximum absolute atomic E-state index is 10.7. The Bertz CT molecular complexity index is 175. The fourth-order valence-electron chi connectivity index (χ4n) is 0.752. The number of hydrogen-bond acceptors (Lipinski definition) is 5. The average molecular weight is 436 g/mol. The van der Waals surface area contributed by atoms with E-state index in [0.717, 1.165) is 19.3 Å². The summed E-state index contributed by atoms with van der Waals surface area (Å²) in [5, 5.41) is 28.6. The molecule has 0 amide bonds. The van der Waals surface area contributed by atoms with Crippen LogP contribution in [0.1, 0.15) is 81.1 Å². The summed E-state index contributed by atoms with van der Waals surface area (Å²) in [6.45, 7) is 14.1. The zero-order chi connectivity index (χ0) is 18.6. The van der Waals surface area contributed by atoms with Crippen molar-refractivity contribution in [1.29, 1.82) is 0 Å². The number of esters is 1. The van der Waals surface area contributed by atoms with Crippen LogP contribution < -0.4 is 15.3 Å². The minimum atomic E-state index is -0.417. The van der Waals surface area contributed by atoms with Gasteiger partial charge in [-0.05, 0) is 13.3 Å². The Morgan fingerprint density at radius 3 is 1.35 bits per heavy atom. The molecule has 0 aromatic heterocycles.